The van der Waals surface area contributed by atoms with Gasteiger partial charge in [-0.25, -0.2) is 14.2 Å². The van der Waals surface area contributed by atoms with Gasteiger partial charge in [0, 0.05) is 49.3 Å². The van der Waals surface area contributed by atoms with E-state index in [4.69, 9.17) is 4.74 Å². The van der Waals surface area contributed by atoms with E-state index in [1.54, 1.807) is 4.68 Å². The Kier molecular flexibility index (Phi) is 7.71. The maximum absolute atomic E-state index is 12.3. The van der Waals surface area contributed by atoms with Crippen LogP contribution >= 0.6 is 0 Å². The molecule has 3 aromatic carbocycles. The van der Waals surface area contributed by atoms with Gasteiger partial charge in [0.1, 0.15) is 17.4 Å². The van der Waals surface area contributed by atoms with Gasteiger partial charge in [0.25, 0.3) is 0 Å². The molecule has 0 unspecified atom stereocenters. The maximum Gasteiger partial charge on any atom is 0.339 e. The van der Waals surface area contributed by atoms with Crippen molar-refractivity contribution in [1.29, 1.82) is 0 Å². The third kappa shape index (κ3) is 5.88. The van der Waals surface area contributed by atoms with Crippen LogP contribution in [0.4, 0.5) is 0 Å². The summed E-state index contributed by atoms with van der Waals surface area (Å²) >= 11 is 0. The van der Waals surface area contributed by atoms with Crippen LogP contribution in [0.15, 0.2) is 85.2 Å². The summed E-state index contributed by atoms with van der Waals surface area (Å²) < 4.78 is 9.96. The van der Waals surface area contributed by atoms with E-state index in [1.165, 1.54) is 17.3 Å². The lowest BCUT2D eigenvalue weighted by Gasteiger charge is -2.23. The fraction of sp³-hybridized carbons (Fsp3) is 0.333. The summed E-state index contributed by atoms with van der Waals surface area (Å²) in [4.78, 5) is 14.7. The minimum absolute atomic E-state index is 0.0116. The van der Waals surface area contributed by atoms with Crippen LogP contribution in [0, 0.1) is 0 Å². The predicted molar refractivity (Wildman–Crippen MR) is 172 cm³/mol. The Labute approximate surface area is 263 Å². The highest BCUT2D eigenvalue weighted by Gasteiger charge is 2.46. The highest BCUT2D eigenvalue weighted by Crippen LogP contribution is 2.55. The summed E-state index contributed by atoms with van der Waals surface area (Å²) in [7, 11) is 0. The van der Waals surface area contributed by atoms with Crippen molar-refractivity contribution >= 4 is 5.97 Å². The van der Waals surface area contributed by atoms with E-state index in [1.807, 2.05) is 29.1 Å². The average molecular weight is 603 g/mol. The Hall–Kier alpha value is -4.76. The van der Waals surface area contributed by atoms with Gasteiger partial charge in [-0.05, 0) is 67.6 Å². The second-order valence-corrected chi connectivity index (χ2v) is 12.5. The van der Waals surface area contributed by atoms with Crippen molar-refractivity contribution in [2.24, 2.45) is 0 Å². The number of rotatable bonds is 9. The molecule has 2 aromatic heterocycles. The molecule has 3 atom stereocenters. The molecule has 0 radical (unpaired) electrons. The summed E-state index contributed by atoms with van der Waals surface area (Å²) in [5, 5.41) is 23.3. The van der Waals surface area contributed by atoms with Crippen molar-refractivity contribution < 1.29 is 14.6 Å². The molecule has 7 rings (SSSR count). The lowest BCUT2D eigenvalue weighted by molar-refractivity contribution is 0.0695. The number of hydrogen-bond donors (Lipinski definition) is 1. The fourth-order valence-corrected chi connectivity index (χ4v) is 6.44. The second-order valence-electron chi connectivity index (χ2n) is 12.5. The molecule has 0 amide bonds. The van der Waals surface area contributed by atoms with Crippen molar-refractivity contribution in [3.8, 4) is 22.6 Å². The van der Waals surface area contributed by atoms with Crippen molar-refractivity contribution in [2.75, 3.05) is 6.54 Å². The molecule has 1 N–H and O–H groups in total. The van der Waals surface area contributed by atoms with E-state index >= 15 is 0 Å². The minimum atomic E-state index is -0.969. The van der Waals surface area contributed by atoms with Gasteiger partial charge in [0.05, 0.1) is 23.3 Å². The molecule has 230 valence electrons. The molecule has 0 spiro atoms. The van der Waals surface area contributed by atoms with Gasteiger partial charge < -0.3 is 9.84 Å². The van der Waals surface area contributed by atoms with Crippen LogP contribution in [0.1, 0.15) is 84.4 Å². The van der Waals surface area contributed by atoms with Crippen LogP contribution in [0.5, 0.6) is 5.75 Å². The molecular weight excluding hydrogens is 564 g/mol. The number of carboxylic acid groups (broad SMARTS) is 1. The molecule has 0 saturated heterocycles. The zero-order valence-electron chi connectivity index (χ0n) is 25.9. The number of aromatic carboxylic acids is 1. The Balaban J connectivity index is 1.15. The van der Waals surface area contributed by atoms with Crippen LogP contribution in [0.3, 0.4) is 0 Å². The number of ether oxygens (including phenoxy) is 1. The van der Waals surface area contributed by atoms with Gasteiger partial charge in [0.15, 0.2) is 0 Å². The first kappa shape index (κ1) is 29.0. The highest BCUT2D eigenvalue weighted by molar-refractivity contribution is 5.89. The lowest BCUT2D eigenvalue weighted by Crippen LogP contribution is -2.32. The molecule has 1 aliphatic carbocycles. The summed E-state index contributed by atoms with van der Waals surface area (Å²) in [6, 6.07) is 25.4. The van der Waals surface area contributed by atoms with Crippen LogP contribution in [0.2, 0.25) is 0 Å². The topological polar surface area (TPSA) is 98.3 Å². The van der Waals surface area contributed by atoms with Crippen molar-refractivity contribution in [2.45, 2.75) is 70.7 Å². The second kappa shape index (κ2) is 12.0. The molecule has 1 aliphatic heterocycles. The molecule has 1 fully saturated rings. The molecule has 0 bridgehead atoms. The zero-order valence-corrected chi connectivity index (χ0v) is 25.9. The molecule has 2 aliphatic rings. The number of benzene rings is 3. The number of fused-ring (bicyclic) bond motifs is 1. The average Bonchev–Trinajstić information content (AvgIpc) is 3.49. The SMILES string of the molecule is CC[C@@H]1CN(Cc2cccc(-c3cccc(-n4ncc(C(=O)O)c4[C@H]4C[C@@H]4c4cn(C(C)C)nn4)c3)c2)Cc2ccccc2O1. The lowest BCUT2D eigenvalue weighted by atomic mass is 10.0. The third-order valence-corrected chi connectivity index (χ3v) is 8.95. The summed E-state index contributed by atoms with van der Waals surface area (Å²) in [6.07, 6.45) is 5.37. The predicted octanol–water partition coefficient (Wildman–Crippen LogP) is 6.85. The van der Waals surface area contributed by atoms with E-state index in [-0.39, 0.29) is 29.5 Å². The van der Waals surface area contributed by atoms with Crippen LogP contribution in [-0.4, -0.2) is 53.4 Å². The van der Waals surface area contributed by atoms with E-state index in [0.29, 0.717) is 5.69 Å². The highest BCUT2D eigenvalue weighted by atomic mass is 16.5. The number of nitrogens with zero attached hydrogens (tertiary/aromatic N) is 6. The Morgan fingerprint density at radius 3 is 2.60 bits per heavy atom. The number of hydrogen-bond acceptors (Lipinski definition) is 6. The van der Waals surface area contributed by atoms with Gasteiger partial charge in [-0.15, -0.1) is 5.10 Å². The Morgan fingerprint density at radius 2 is 1.82 bits per heavy atom. The van der Waals surface area contributed by atoms with Gasteiger partial charge in [0.2, 0.25) is 0 Å². The summed E-state index contributed by atoms with van der Waals surface area (Å²) in [5.41, 5.74) is 7.29. The molecular formula is C36H38N6O3. The maximum atomic E-state index is 12.3. The van der Waals surface area contributed by atoms with E-state index in [2.05, 4.69) is 95.7 Å². The van der Waals surface area contributed by atoms with Crippen LogP contribution in [0.25, 0.3) is 16.8 Å². The molecule has 9 nitrogen and oxygen atoms in total. The summed E-state index contributed by atoms with van der Waals surface area (Å²) in [6.45, 7) is 8.83. The monoisotopic (exact) mass is 602 g/mol. The van der Waals surface area contributed by atoms with E-state index in [0.717, 1.165) is 60.7 Å². The Morgan fingerprint density at radius 1 is 1.02 bits per heavy atom. The molecule has 5 aromatic rings. The Bertz CT molecular complexity index is 1840. The first-order valence-corrected chi connectivity index (χ1v) is 15.8. The van der Waals surface area contributed by atoms with Crippen LogP contribution in [-0.2, 0) is 13.1 Å². The van der Waals surface area contributed by atoms with Gasteiger partial charge in [-0.3, -0.25) is 4.90 Å². The number of aromatic nitrogens is 5. The summed E-state index contributed by atoms with van der Waals surface area (Å²) in [5.74, 6) is 0.150. The fourth-order valence-electron chi connectivity index (χ4n) is 6.44. The van der Waals surface area contributed by atoms with E-state index < -0.39 is 5.97 Å². The van der Waals surface area contributed by atoms with Crippen molar-refractivity contribution in [3.63, 3.8) is 0 Å². The number of carbonyl (C=O) groups is 1. The van der Waals surface area contributed by atoms with Gasteiger partial charge >= 0.3 is 5.97 Å². The van der Waals surface area contributed by atoms with Crippen LogP contribution < -0.4 is 4.74 Å². The molecule has 1 saturated carbocycles. The first-order chi connectivity index (χ1) is 21.9. The number of para-hydroxylation sites is 1. The normalized spacial score (nSPS) is 19.6. The standard InChI is InChI=1S/C36H38N6O3/c1-4-29-21-40(20-27-10-5-6-14-34(27)45-29)19-24-9-7-11-25(15-24)26-12-8-13-28(16-26)42-35(32(18-37-42)36(43)44)31-17-30(31)33-22-41(23(2)3)39-38-33/h5-16,18,22-23,29-31H,4,17,19-21H2,1-3H3,(H,43,44)/t29-,30+,31+/m1/s1. The van der Waals surface area contributed by atoms with E-state index in [9.17, 15) is 9.90 Å². The van der Waals surface area contributed by atoms with Gasteiger partial charge in [-0.1, -0.05) is 60.7 Å². The first-order valence-electron chi connectivity index (χ1n) is 15.8. The van der Waals surface area contributed by atoms with Crippen molar-refractivity contribution in [3.05, 3.63) is 113 Å². The molecule has 9 heteroatoms. The minimum Gasteiger partial charge on any atom is -0.489 e. The zero-order chi connectivity index (χ0) is 31.1. The quantitative estimate of drug-likeness (QED) is 0.197. The smallest absolute Gasteiger partial charge is 0.339 e. The van der Waals surface area contributed by atoms with Gasteiger partial charge in [-0.2, -0.15) is 5.10 Å². The molecule has 45 heavy (non-hydrogen) atoms. The number of carboxylic acids is 1. The largest absolute Gasteiger partial charge is 0.489 e. The third-order valence-electron chi connectivity index (χ3n) is 8.95. The molecule has 3 heterocycles. The van der Waals surface area contributed by atoms with Crippen molar-refractivity contribution in [1.82, 2.24) is 29.7 Å².